The van der Waals surface area contributed by atoms with E-state index in [2.05, 4.69) is 31.6 Å². The second-order valence-corrected chi connectivity index (χ2v) is 11.4. The average molecular weight is 388 g/mol. The summed E-state index contributed by atoms with van der Waals surface area (Å²) in [5, 5.41) is 0. The van der Waals surface area contributed by atoms with E-state index in [4.69, 9.17) is 4.74 Å². The molecule has 1 saturated heterocycles. The second kappa shape index (κ2) is 5.25. The molecule has 5 heteroatoms. The molecule has 1 aromatic carbocycles. The van der Waals surface area contributed by atoms with Crippen LogP contribution in [0.3, 0.4) is 0 Å². The fourth-order valence-electron chi connectivity index (χ4n) is 6.64. The summed E-state index contributed by atoms with van der Waals surface area (Å²) in [6, 6.07) is 6.87. The molecule has 1 aliphatic heterocycles. The Bertz CT molecular complexity index is 937. The number of allylic oxidation sites excluding steroid dienone is 1. The molecular weight excluding hydrogens is 358 g/mol. The molecule has 27 heavy (non-hydrogen) atoms. The molecule has 4 aliphatic rings. The molecule has 146 valence electrons. The van der Waals surface area contributed by atoms with Crippen molar-refractivity contribution < 1.29 is 13.2 Å². The Kier molecular flexibility index (Phi) is 3.48. The number of nitrogens with one attached hydrogen (secondary N) is 1. The first-order valence-corrected chi connectivity index (χ1v) is 11.6. The van der Waals surface area contributed by atoms with Crippen LogP contribution in [0.1, 0.15) is 52.0 Å². The van der Waals surface area contributed by atoms with Gasteiger partial charge in [0.2, 0.25) is 10.0 Å². The lowest BCUT2D eigenvalue weighted by molar-refractivity contribution is -0.0775. The van der Waals surface area contributed by atoms with Gasteiger partial charge in [-0.25, -0.2) is 13.1 Å². The number of hydrogen-bond acceptors (Lipinski definition) is 3. The van der Waals surface area contributed by atoms with Gasteiger partial charge in [-0.3, -0.25) is 0 Å². The van der Waals surface area contributed by atoms with Crippen LogP contribution in [0.15, 0.2) is 40.8 Å². The molecule has 0 unspecified atom stereocenters. The molecule has 3 aliphatic carbocycles. The first-order valence-electron chi connectivity index (χ1n) is 10.1. The summed E-state index contributed by atoms with van der Waals surface area (Å²) in [6.45, 7) is 8.63. The first-order chi connectivity index (χ1) is 12.6. The van der Waals surface area contributed by atoms with Gasteiger partial charge in [-0.2, -0.15) is 0 Å². The summed E-state index contributed by atoms with van der Waals surface area (Å²) in [4.78, 5) is 0.334. The van der Waals surface area contributed by atoms with E-state index in [1.807, 2.05) is 19.1 Å². The maximum Gasteiger partial charge on any atom is 0.240 e. The maximum absolute atomic E-state index is 13.2. The molecule has 1 heterocycles. The molecule has 6 atom stereocenters. The first kappa shape index (κ1) is 17.9. The highest BCUT2D eigenvalue weighted by molar-refractivity contribution is 7.89. The quantitative estimate of drug-likeness (QED) is 0.799. The minimum absolute atomic E-state index is 0.209. The predicted octanol–water partition coefficient (Wildman–Crippen LogP) is 3.96. The Balaban J connectivity index is 1.56. The largest absolute Gasteiger partial charge is 0.363 e. The third-order valence-electron chi connectivity index (χ3n) is 8.18. The summed E-state index contributed by atoms with van der Waals surface area (Å²) in [5.74, 6) is 0.837. The topological polar surface area (TPSA) is 55.4 Å². The van der Waals surface area contributed by atoms with Crippen molar-refractivity contribution in [1.29, 1.82) is 0 Å². The van der Waals surface area contributed by atoms with Crippen LogP contribution in [0.5, 0.6) is 0 Å². The van der Waals surface area contributed by atoms with E-state index in [0.29, 0.717) is 10.8 Å². The Morgan fingerprint density at radius 1 is 1.15 bits per heavy atom. The van der Waals surface area contributed by atoms with Gasteiger partial charge in [0.05, 0.1) is 16.5 Å². The minimum atomic E-state index is -3.59. The Morgan fingerprint density at radius 2 is 1.85 bits per heavy atom. The number of aryl methyl sites for hydroxylation is 1. The average Bonchev–Trinajstić information content (AvgIpc) is 2.96. The number of sulfonamides is 1. The van der Waals surface area contributed by atoms with Gasteiger partial charge in [0.1, 0.15) is 5.60 Å². The Morgan fingerprint density at radius 3 is 2.56 bits per heavy atom. The molecule has 0 aromatic heterocycles. The fraction of sp³-hybridized carbons (Fsp3) is 0.636. The standard InChI is InChI=1S/C22H29NO3S/c1-14-5-8-16(9-6-14)27(24,25)23-19-17-13-22-12-11-20(17,3)26-21(19,4)18(22)10-7-15(22)2/h5-6,8-10,15,17,19,23H,7,11-13H2,1-4H3/t15-,17-,19+,20-,21+,22+/m1/s1. The molecule has 0 amide bonds. The molecule has 1 N–H and O–H groups in total. The zero-order chi connectivity index (χ0) is 19.2. The minimum Gasteiger partial charge on any atom is -0.363 e. The van der Waals surface area contributed by atoms with Crippen LogP contribution >= 0.6 is 0 Å². The third kappa shape index (κ3) is 2.19. The number of benzene rings is 1. The molecule has 2 saturated carbocycles. The van der Waals surface area contributed by atoms with E-state index >= 15 is 0 Å². The smallest absolute Gasteiger partial charge is 0.240 e. The number of rotatable bonds is 3. The number of fused-ring (bicyclic) bond motifs is 2. The van der Waals surface area contributed by atoms with Crippen LogP contribution in [-0.2, 0) is 14.8 Å². The van der Waals surface area contributed by atoms with Gasteiger partial charge in [0.15, 0.2) is 0 Å². The second-order valence-electron chi connectivity index (χ2n) is 9.66. The van der Waals surface area contributed by atoms with Crippen molar-refractivity contribution in [3.63, 3.8) is 0 Å². The summed E-state index contributed by atoms with van der Waals surface area (Å²) in [5.41, 5.74) is 1.83. The van der Waals surface area contributed by atoms with Crippen molar-refractivity contribution in [2.45, 2.75) is 75.5 Å². The van der Waals surface area contributed by atoms with Gasteiger partial charge in [0, 0.05) is 5.92 Å². The lowest BCUT2D eigenvalue weighted by Gasteiger charge is -2.53. The van der Waals surface area contributed by atoms with Gasteiger partial charge in [0.25, 0.3) is 0 Å². The SMILES string of the molecule is Cc1ccc(S(=O)(=O)N[C@H]2[C@H]3C[C@]45CC[C@@]3(C)O[C@@]2(C)C4=CC[C@H]5C)cc1. The number of hydrogen-bond donors (Lipinski definition) is 1. The van der Waals surface area contributed by atoms with Gasteiger partial charge in [-0.1, -0.05) is 30.7 Å². The Hall–Kier alpha value is -1.17. The van der Waals surface area contributed by atoms with Crippen LogP contribution in [-0.4, -0.2) is 25.7 Å². The monoisotopic (exact) mass is 387 g/mol. The van der Waals surface area contributed by atoms with E-state index in [9.17, 15) is 8.42 Å². The van der Waals surface area contributed by atoms with E-state index in [1.165, 1.54) is 12.0 Å². The highest BCUT2D eigenvalue weighted by Crippen LogP contribution is 2.70. The van der Waals surface area contributed by atoms with Crippen molar-refractivity contribution in [3.8, 4) is 0 Å². The van der Waals surface area contributed by atoms with Crippen molar-refractivity contribution in [3.05, 3.63) is 41.5 Å². The molecule has 0 radical (unpaired) electrons. The highest BCUT2D eigenvalue weighted by Gasteiger charge is 2.72. The zero-order valence-corrected chi connectivity index (χ0v) is 17.4. The van der Waals surface area contributed by atoms with E-state index in [-0.39, 0.29) is 23.0 Å². The summed E-state index contributed by atoms with van der Waals surface area (Å²) < 4.78 is 36.1. The highest BCUT2D eigenvalue weighted by atomic mass is 32.2. The Labute approximate surface area is 162 Å². The van der Waals surface area contributed by atoms with E-state index < -0.39 is 15.6 Å². The van der Waals surface area contributed by atoms with Crippen molar-refractivity contribution in [2.24, 2.45) is 17.3 Å². The fourth-order valence-corrected chi connectivity index (χ4v) is 8.00. The van der Waals surface area contributed by atoms with E-state index in [0.717, 1.165) is 24.8 Å². The lowest BCUT2D eigenvalue weighted by atomic mass is 9.51. The molecule has 1 aromatic rings. The third-order valence-corrected chi connectivity index (χ3v) is 9.64. The van der Waals surface area contributed by atoms with Crippen molar-refractivity contribution in [1.82, 2.24) is 4.72 Å². The zero-order valence-electron chi connectivity index (χ0n) is 16.6. The molecular formula is C22H29NO3S. The van der Waals surface area contributed by atoms with Crippen LogP contribution in [0.4, 0.5) is 0 Å². The van der Waals surface area contributed by atoms with Crippen LogP contribution < -0.4 is 4.72 Å². The van der Waals surface area contributed by atoms with Gasteiger partial charge < -0.3 is 4.74 Å². The summed E-state index contributed by atoms with van der Waals surface area (Å²) in [6.07, 6.45) is 6.64. The number of ether oxygens (including phenoxy) is 1. The van der Waals surface area contributed by atoms with Gasteiger partial charge in [-0.05, 0) is 75.5 Å². The summed E-state index contributed by atoms with van der Waals surface area (Å²) >= 11 is 0. The van der Waals surface area contributed by atoms with Crippen LogP contribution in [0, 0.1) is 24.2 Å². The van der Waals surface area contributed by atoms with E-state index in [1.54, 1.807) is 12.1 Å². The molecule has 1 spiro atoms. The molecule has 5 rings (SSSR count). The van der Waals surface area contributed by atoms with Crippen LogP contribution in [0.2, 0.25) is 0 Å². The van der Waals surface area contributed by atoms with Crippen molar-refractivity contribution >= 4 is 10.0 Å². The van der Waals surface area contributed by atoms with Crippen molar-refractivity contribution in [2.75, 3.05) is 0 Å². The van der Waals surface area contributed by atoms with Gasteiger partial charge >= 0.3 is 0 Å². The molecule has 3 bridgehead atoms. The normalized spacial score (nSPS) is 45.0. The van der Waals surface area contributed by atoms with Gasteiger partial charge in [-0.15, -0.1) is 0 Å². The predicted molar refractivity (Wildman–Crippen MR) is 105 cm³/mol. The molecule has 4 nitrogen and oxygen atoms in total. The summed E-state index contributed by atoms with van der Waals surface area (Å²) in [7, 11) is -3.59. The maximum atomic E-state index is 13.2. The lowest BCUT2D eigenvalue weighted by Crippen LogP contribution is -2.60. The van der Waals surface area contributed by atoms with Crippen LogP contribution in [0.25, 0.3) is 0 Å². The molecule has 3 fully saturated rings.